The molecule has 246 valence electrons. The van der Waals surface area contributed by atoms with E-state index in [1.54, 1.807) is 11.5 Å². The molecule has 46 heavy (non-hydrogen) atoms. The summed E-state index contributed by atoms with van der Waals surface area (Å²) < 4.78 is 52.9. The summed E-state index contributed by atoms with van der Waals surface area (Å²) in [6.07, 6.45) is -1.01. The summed E-state index contributed by atoms with van der Waals surface area (Å²) >= 11 is 5.24. The highest BCUT2D eigenvalue weighted by Crippen LogP contribution is 2.73. The molecule has 0 amide bonds. The predicted octanol–water partition coefficient (Wildman–Crippen LogP) is 0.702. The SMILES string of the molecule is Cc1nc2c(ncn2[C@@H]2S[C@@H]3CO[P@@](=O)(S)O[C@H]4[C@@H](O)[C@H](n5cnc6c(N)ncnc65)[C@H]5C[C@]54COP(=O)(O)O[C@@H]2[C@@H]3O)c(=O)[nH]1. The Morgan fingerprint density at radius 1 is 1.09 bits per heavy atom. The maximum Gasteiger partial charge on any atom is 0.472 e. The van der Waals surface area contributed by atoms with E-state index in [-0.39, 0.29) is 23.6 Å². The summed E-state index contributed by atoms with van der Waals surface area (Å²) in [5.41, 5.74) is 5.21. The highest BCUT2D eigenvalue weighted by Gasteiger charge is 2.74. The molecule has 19 nitrogen and oxygen atoms in total. The van der Waals surface area contributed by atoms with E-state index >= 15 is 0 Å². The number of H-pyrrole nitrogens is 1. The second-order valence-corrected chi connectivity index (χ2v) is 17.4. The van der Waals surface area contributed by atoms with Crippen LogP contribution in [-0.2, 0) is 27.2 Å². The Labute approximate surface area is 267 Å². The zero-order chi connectivity index (χ0) is 32.3. The van der Waals surface area contributed by atoms with Crippen molar-refractivity contribution in [3.05, 3.63) is 35.2 Å². The van der Waals surface area contributed by atoms with Crippen molar-refractivity contribution >= 4 is 66.8 Å². The van der Waals surface area contributed by atoms with Crippen LogP contribution in [0.15, 0.2) is 23.8 Å². The largest absolute Gasteiger partial charge is 0.472 e. The number of hydrogen-bond acceptors (Lipinski definition) is 16. The first kappa shape index (κ1) is 30.9. The molecule has 2 saturated heterocycles. The number of hydrogen-bond donors (Lipinski definition) is 6. The topological polar surface area (TPSA) is 265 Å². The molecule has 4 aliphatic rings. The van der Waals surface area contributed by atoms with Gasteiger partial charge in [0.1, 0.15) is 41.4 Å². The van der Waals surface area contributed by atoms with Gasteiger partial charge in [0.2, 0.25) is 0 Å². The van der Waals surface area contributed by atoms with E-state index in [2.05, 4.69) is 42.2 Å². The number of aromatic amines is 1. The minimum Gasteiger partial charge on any atom is -0.389 e. The van der Waals surface area contributed by atoms with Gasteiger partial charge >= 0.3 is 14.6 Å². The number of thioether (sulfide) groups is 1. The van der Waals surface area contributed by atoms with Crippen LogP contribution in [0.25, 0.3) is 22.3 Å². The number of imidazole rings is 2. The van der Waals surface area contributed by atoms with E-state index in [0.29, 0.717) is 23.4 Å². The molecule has 4 fully saturated rings. The first-order valence-electron chi connectivity index (χ1n) is 14.0. The average Bonchev–Trinajstić information content (AvgIpc) is 3.26. The number of thiol groups is 1. The molecule has 0 aromatic carbocycles. The quantitative estimate of drug-likeness (QED) is 0.123. The van der Waals surface area contributed by atoms with Crippen molar-refractivity contribution < 1.29 is 42.3 Å². The molecular formula is C23H27N9O10P2S2. The van der Waals surface area contributed by atoms with Crippen molar-refractivity contribution in [1.82, 2.24) is 39.0 Å². The number of phosphoric acid groups is 1. The van der Waals surface area contributed by atoms with Gasteiger partial charge in [0.25, 0.3) is 5.56 Å². The zero-order valence-electron chi connectivity index (χ0n) is 23.6. The van der Waals surface area contributed by atoms with Gasteiger partial charge in [-0.3, -0.25) is 27.5 Å². The Kier molecular flexibility index (Phi) is 7.08. The molecule has 2 aliphatic heterocycles. The molecule has 11 atom stereocenters. The van der Waals surface area contributed by atoms with Gasteiger partial charge in [-0.1, -0.05) is 12.2 Å². The number of rotatable bonds is 2. The lowest BCUT2D eigenvalue weighted by molar-refractivity contribution is -0.0224. The van der Waals surface area contributed by atoms with Gasteiger partial charge in [-0.25, -0.2) is 34.0 Å². The standard InChI is InChI=1S/C23H27N9O10P2S2/c1-8-29-20-12(21(35)30-8)28-7-32(20)22-16-14(33)10(46-22)3-39-44(38,45)42-17-15(34)13(9-2-23(9,17)4-40-43(36,37)41-16)31-6-27-11-18(24)25-5-26-19(11)31/h5-7,9-10,13-17,22,33-34H,2-4H2,1H3,(H,36,37)(H,38,45)(H2,24,25,26)(H,29,30,35)/t9-,10-,13-,14-,15+,16-,17+,22-,23+,44-/m1/s1. The maximum atomic E-state index is 13.6. The lowest BCUT2D eigenvalue weighted by Crippen LogP contribution is -2.37. The Hall–Kier alpha value is -2.42. The van der Waals surface area contributed by atoms with Crippen molar-refractivity contribution in [2.45, 2.75) is 54.4 Å². The van der Waals surface area contributed by atoms with Crippen LogP contribution in [0.1, 0.15) is 23.7 Å². The molecule has 6 heterocycles. The highest BCUT2D eigenvalue weighted by atomic mass is 32.7. The lowest BCUT2D eigenvalue weighted by atomic mass is 10.0. The molecule has 2 saturated carbocycles. The van der Waals surface area contributed by atoms with Gasteiger partial charge in [-0.2, -0.15) is 0 Å². The Morgan fingerprint density at radius 2 is 1.85 bits per heavy atom. The third-order valence-electron chi connectivity index (χ3n) is 9.06. The number of nitrogen functional groups attached to an aromatic ring is 1. The number of nitrogens with zero attached hydrogens (tertiary/aromatic N) is 7. The van der Waals surface area contributed by atoms with Gasteiger partial charge in [-0.15, -0.1) is 11.8 Å². The summed E-state index contributed by atoms with van der Waals surface area (Å²) in [6.45, 7) is -3.47. The summed E-state index contributed by atoms with van der Waals surface area (Å²) in [4.78, 5) is 47.0. The van der Waals surface area contributed by atoms with Crippen LogP contribution < -0.4 is 11.3 Å². The van der Waals surface area contributed by atoms with Crippen LogP contribution in [0.5, 0.6) is 0 Å². The summed E-state index contributed by atoms with van der Waals surface area (Å²) in [6, 6.07) is -0.722. The van der Waals surface area contributed by atoms with Crippen LogP contribution >= 0.6 is 38.6 Å². The van der Waals surface area contributed by atoms with Gasteiger partial charge in [0.15, 0.2) is 22.6 Å². The molecule has 2 bridgehead atoms. The van der Waals surface area contributed by atoms with E-state index in [1.165, 1.54) is 23.5 Å². The van der Waals surface area contributed by atoms with Crippen LogP contribution in [0.2, 0.25) is 0 Å². The van der Waals surface area contributed by atoms with Crippen LogP contribution in [-0.4, -0.2) is 97.0 Å². The molecule has 6 N–H and O–H groups in total. The fraction of sp³-hybridized carbons (Fsp3) is 0.565. The Balaban J connectivity index is 1.14. The molecule has 4 aromatic heterocycles. The number of aliphatic hydroxyl groups is 2. The predicted molar refractivity (Wildman–Crippen MR) is 163 cm³/mol. The molecule has 2 aliphatic carbocycles. The molecule has 4 aromatic rings. The van der Waals surface area contributed by atoms with Crippen molar-refractivity contribution in [2.24, 2.45) is 11.3 Å². The average molecular weight is 716 g/mol. The van der Waals surface area contributed by atoms with Crippen LogP contribution in [0.4, 0.5) is 5.82 Å². The Morgan fingerprint density at radius 3 is 2.65 bits per heavy atom. The number of fused-ring (bicyclic) bond motifs is 4. The van der Waals surface area contributed by atoms with Crippen molar-refractivity contribution in [3.8, 4) is 0 Å². The van der Waals surface area contributed by atoms with E-state index in [0.717, 1.165) is 11.8 Å². The second-order valence-electron chi connectivity index (χ2n) is 11.7. The second kappa shape index (κ2) is 10.5. The number of anilines is 1. The van der Waals surface area contributed by atoms with Crippen molar-refractivity contribution in [2.75, 3.05) is 18.9 Å². The number of nitrogens with two attached hydrogens (primary N) is 1. The molecule has 23 heteroatoms. The number of phosphoric ester groups is 1. The number of nitrogens with one attached hydrogen (secondary N) is 1. The third kappa shape index (κ3) is 4.79. The summed E-state index contributed by atoms with van der Waals surface area (Å²) in [5, 5.41) is 21.0. The fourth-order valence-corrected chi connectivity index (χ4v) is 11.1. The first-order valence-corrected chi connectivity index (χ1v) is 19.1. The molecule has 8 rings (SSSR count). The maximum absolute atomic E-state index is 13.6. The summed E-state index contributed by atoms with van der Waals surface area (Å²) in [5.74, 6) is 0.0376. The van der Waals surface area contributed by atoms with Crippen LogP contribution in [0, 0.1) is 18.3 Å². The van der Waals surface area contributed by atoms with E-state index in [4.69, 9.17) is 23.8 Å². The fourth-order valence-electron chi connectivity index (χ4n) is 6.90. The van der Waals surface area contributed by atoms with Gasteiger partial charge in [-0.05, 0) is 19.3 Å². The van der Waals surface area contributed by atoms with Crippen molar-refractivity contribution in [3.63, 3.8) is 0 Å². The lowest BCUT2D eigenvalue weighted by Gasteiger charge is -2.30. The van der Waals surface area contributed by atoms with E-state index < -0.39 is 79.2 Å². The van der Waals surface area contributed by atoms with E-state index in [9.17, 15) is 29.0 Å². The monoisotopic (exact) mass is 715 g/mol. The first-order chi connectivity index (χ1) is 21.8. The normalized spacial score (nSPS) is 41.1. The van der Waals surface area contributed by atoms with E-state index in [1.807, 2.05) is 0 Å². The smallest absolute Gasteiger partial charge is 0.389 e. The third-order valence-corrected chi connectivity index (χ3v) is 13.2. The zero-order valence-corrected chi connectivity index (χ0v) is 27.1. The molecule has 1 unspecified atom stereocenters. The summed E-state index contributed by atoms with van der Waals surface area (Å²) in [7, 11) is -4.91. The number of aliphatic hydroxyl groups excluding tert-OH is 2. The van der Waals surface area contributed by atoms with Gasteiger partial charge in [0, 0.05) is 5.41 Å². The van der Waals surface area contributed by atoms with Gasteiger partial charge < -0.3 is 30.4 Å². The van der Waals surface area contributed by atoms with Crippen LogP contribution in [0.3, 0.4) is 0 Å². The highest BCUT2D eigenvalue weighted by molar-refractivity contribution is 8.44. The van der Waals surface area contributed by atoms with Crippen molar-refractivity contribution in [1.29, 1.82) is 0 Å². The molecule has 1 spiro atoms. The minimum atomic E-state index is -4.91. The number of aryl methyl sites for hydroxylation is 1. The minimum absolute atomic E-state index is 0.0179. The van der Waals surface area contributed by atoms with Gasteiger partial charge in [0.05, 0.1) is 43.3 Å². The Bertz CT molecular complexity index is 2050. The molecular weight excluding hydrogens is 688 g/mol. The molecule has 0 radical (unpaired) electrons. The number of aromatic nitrogens is 8.